The van der Waals surface area contributed by atoms with Crippen LogP contribution in [0.3, 0.4) is 0 Å². The Hall–Kier alpha value is -1.57. The molecule has 3 aliphatic heterocycles. The molecule has 0 radical (unpaired) electrons. The molecular weight excluding hydrogens is 328 g/mol. The molecular formula is C17H20N2O4S. The van der Waals surface area contributed by atoms with Crippen LogP contribution in [0.1, 0.15) is 18.4 Å². The van der Waals surface area contributed by atoms with Crippen LogP contribution in [0, 0.1) is 0 Å². The molecule has 3 saturated heterocycles. The molecule has 0 saturated carbocycles. The number of esters is 1. The predicted octanol–water partition coefficient (Wildman–Crippen LogP) is 0.890. The number of fused-ring (bicyclic) bond motifs is 1. The minimum Gasteiger partial charge on any atom is -0.459 e. The lowest BCUT2D eigenvalue weighted by Crippen LogP contribution is -2.69. The number of carbonyl (C=O) groups excluding carboxylic acids is 2. The van der Waals surface area contributed by atoms with E-state index in [0.29, 0.717) is 13.2 Å². The first-order valence-electron chi connectivity index (χ1n) is 8.16. The molecule has 1 spiro atoms. The van der Waals surface area contributed by atoms with Crippen LogP contribution in [-0.2, 0) is 25.7 Å². The Labute approximate surface area is 144 Å². The zero-order chi connectivity index (χ0) is 16.7. The van der Waals surface area contributed by atoms with Crippen molar-refractivity contribution in [3.05, 3.63) is 35.9 Å². The van der Waals surface area contributed by atoms with Crippen molar-refractivity contribution in [1.29, 1.82) is 0 Å². The third-order valence-electron chi connectivity index (χ3n) is 5.04. The van der Waals surface area contributed by atoms with Crippen molar-refractivity contribution in [3.8, 4) is 0 Å². The first kappa shape index (κ1) is 15.9. The summed E-state index contributed by atoms with van der Waals surface area (Å²) < 4.78 is 10.7. The summed E-state index contributed by atoms with van der Waals surface area (Å²) in [7, 11) is 0. The molecule has 1 amide bonds. The SMILES string of the molecule is NC1C(=O)N2C(C(=O)OCc3ccccc3)C3(CCOCC3)S[C@@H]12. The fourth-order valence-corrected chi connectivity index (χ4v) is 5.54. The Kier molecular flexibility index (Phi) is 4.02. The predicted molar refractivity (Wildman–Crippen MR) is 89.0 cm³/mol. The Balaban J connectivity index is 1.53. The molecule has 2 unspecified atom stereocenters. The van der Waals surface area contributed by atoms with E-state index >= 15 is 0 Å². The maximum atomic E-state index is 12.8. The number of nitrogens with two attached hydrogens (primary N) is 1. The van der Waals surface area contributed by atoms with Gasteiger partial charge < -0.3 is 20.1 Å². The number of carbonyl (C=O) groups is 2. The van der Waals surface area contributed by atoms with E-state index in [1.54, 1.807) is 16.7 Å². The van der Waals surface area contributed by atoms with Crippen LogP contribution in [0.25, 0.3) is 0 Å². The van der Waals surface area contributed by atoms with Gasteiger partial charge in [0.1, 0.15) is 24.1 Å². The number of nitrogens with zero attached hydrogens (tertiary/aromatic N) is 1. The Morgan fingerprint density at radius 2 is 2.04 bits per heavy atom. The normalized spacial score (nSPS) is 30.8. The second kappa shape index (κ2) is 6.06. The molecule has 3 heterocycles. The zero-order valence-corrected chi connectivity index (χ0v) is 14.0. The third kappa shape index (κ3) is 2.42. The molecule has 0 aromatic heterocycles. The van der Waals surface area contributed by atoms with Gasteiger partial charge in [0, 0.05) is 13.2 Å². The van der Waals surface area contributed by atoms with Gasteiger partial charge >= 0.3 is 5.97 Å². The van der Waals surface area contributed by atoms with Crippen LogP contribution in [0.2, 0.25) is 0 Å². The van der Waals surface area contributed by atoms with Crippen molar-refractivity contribution < 1.29 is 19.1 Å². The average Bonchev–Trinajstić information content (AvgIpc) is 2.92. The molecule has 3 fully saturated rings. The largest absolute Gasteiger partial charge is 0.459 e. The van der Waals surface area contributed by atoms with Crippen molar-refractivity contribution in [1.82, 2.24) is 4.90 Å². The number of rotatable bonds is 3. The molecule has 7 heteroatoms. The van der Waals surface area contributed by atoms with Gasteiger partial charge in [-0.15, -0.1) is 11.8 Å². The number of thioether (sulfide) groups is 1. The van der Waals surface area contributed by atoms with Crippen LogP contribution in [0.4, 0.5) is 0 Å². The summed E-state index contributed by atoms with van der Waals surface area (Å²) in [6, 6.07) is 8.48. The van der Waals surface area contributed by atoms with E-state index in [1.807, 2.05) is 30.3 Å². The molecule has 4 rings (SSSR count). The Bertz CT molecular complexity index is 647. The van der Waals surface area contributed by atoms with Crippen LogP contribution >= 0.6 is 11.8 Å². The molecule has 128 valence electrons. The summed E-state index contributed by atoms with van der Waals surface area (Å²) in [6.45, 7) is 1.41. The van der Waals surface area contributed by atoms with Crippen LogP contribution in [0.5, 0.6) is 0 Å². The molecule has 24 heavy (non-hydrogen) atoms. The van der Waals surface area contributed by atoms with Crippen molar-refractivity contribution in [2.45, 2.75) is 41.7 Å². The van der Waals surface area contributed by atoms with Gasteiger partial charge in [0.2, 0.25) is 5.91 Å². The fraction of sp³-hybridized carbons (Fsp3) is 0.529. The Morgan fingerprint density at radius 3 is 2.75 bits per heavy atom. The van der Waals surface area contributed by atoms with E-state index in [4.69, 9.17) is 15.2 Å². The van der Waals surface area contributed by atoms with Gasteiger partial charge in [0.25, 0.3) is 0 Å². The van der Waals surface area contributed by atoms with E-state index in [9.17, 15) is 9.59 Å². The van der Waals surface area contributed by atoms with Crippen LogP contribution < -0.4 is 5.73 Å². The summed E-state index contributed by atoms with van der Waals surface area (Å²) >= 11 is 1.65. The topological polar surface area (TPSA) is 81.9 Å². The van der Waals surface area contributed by atoms with Gasteiger partial charge in [-0.2, -0.15) is 0 Å². The highest BCUT2D eigenvalue weighted by atomic mass is 32.2. The van der Waals surface area contributed by atoms with Crippen LogP contribution in [0.15, 0.2) is 30.3 Å². The number of hydrogen-bond acceptors (Lipinski definition) is 6. The Morgan fingerprint density at radius 1 is 1.33 bits per heavy atom. The van der Waals surface area contributed by atoms with Gasteiger partial charge in [0.15, 0.2) is 0 Å². The van der Waals surface area contributed by atoms with E-state index in [2.05, 4.69) is 0 Å². The highest BCUT2D eigenvalue weighted by molar-refractivity contribution is 8.01. The van der Waals surface area contributed by atoms with E-state index < -0.39 is 12.1 Å². The summed E-state index contributed by atoms with van der Waals surface area (Å²) in [5, 5.41) is -0.120. The van der Waals surface area contributed by atoms with Gasteiger partial charge in [-0.1, -0.05) is 30.3 Å². The number of amides is 1. The van der Waals surface area contributed by atoms with E-state index in [-0.39, 0.29) is 28.6 Å². The molecule has 6 nitrogen and oxygen atoms in total. The fourth-order valence-electron chi connectivity index (χ4n) is 3.72. The molecule has 2 N–H and O–H groups in total. The number of ether oxygens (including phenoxy) is 2. The van der Waals surface area contributed by atoms with E-state index in [1.165, 1.54) is 0 Å². The van der Waals surface area contributed by atoms with Gasteiger partial charge in [-0.3, -0.25) is 4.79 Å². The maximum Gasteiger partial charge on any atom is 0.330 e. The monoisotopic (exact) mass is 348 g/mol. The second-order valence-corrected chi connectivity index (χ2v) is 7.98. The molecule has 3 atom stereocenters. The van der Waals surface area contributed by atoms with Crippen LogP contribution in [-0.4, -0.2) is 52.2 Å². The highest BCUT2D eigenvalue weighted by Gasteiger charge is 2.66. The molecule has 0 aliphatic carbocycles. The van der Waals surface area contributed by atoms with Crippen molar-refractivity contribution in [3.63, 3.8) is 0 Å². The average molecular weight is 348 g/mol. The van der Waals surface area contributed by atoms with Crippen molar-refractivity contribution in [2.75, 3.05) is 13.2 Å². The summed E-state index contributed by atoms with van der Waals surface area (Å²) in [5.74, 6) is -0.492. The lowest BCUT2D eigenvalue weighted by atomic mass is 9.87. The first-order chi connectivity index (χ1) is 11.6. The summed E-state index contributed by atoms with van der Waals surface area (Å²) in [5.41, 5.74) is 6.86. The van der Waals surface area contributed by atoms with Crippen molar-refractivity contribution >= 4 is 23.6 Å². The smallest absolute Gasteiger partial charge is 0.330 e. The molecule has 1 aromatic carbocycles. The summed E-state index contributed by atoms with van der Waals surface area (Å²) in [4.78, 5) is 26.7. The molecule has 1 aromatic rings. The van der Waals surface area contributed by atoms with E-state index in [0.717, 1.165) is 18.4 Å². The number of β-lactam (4-membered cyclic amide) rings is 1. The third-order valence-corrected chi connectivity index (χ3v) is 6.90. The standard InChI is InChI=1S/C17H20N2O4S/c18-12-14(20)19-13(16(21)23-10-11-4-2-1-3-5-11)17(24-15(12)19)6-8-22-9-7-17/h1-5,12-13,15H,6-10,18H2/t12?,13?,15-/m0/s1. The number of benzene rings is 1. The van der Waals surface area contributed by atoms with Crippen molar-refractivity contribution in [2.24, 2.45) is 5.73 Å². The minimum absolute atomic E-state index is 0.120. The molecule has 3 aliphatic rings. The number of hydrogen-bond donors (Lipinski definition) is 1. The highest BCUT2D eigenvalue weighted by Crippen LogP contribution is 2.55. The van der Waals surface area contributed by atoms with Gasteiger partial charge in [-0.05, 0) is 18.4 Å². The zero-order valence-electron chi connectivity index (χ0n) is 13.2. The summed E-state index contributed by atoms with van der Waals surface area (Å²) in [6.07, 6.45) is 1.46. The van der Waals surface area contributed by atoms with Gasteiger partial charge in [0.05, 0.1) is 4.75 Å². The second-order valence-electron chi connectivity index (χ2n) is 6.45. The minimum atomic E-state index is -0.563. The lowest BCUT2D eigenvalue weighted by Gasteiger charge is -2.42. The molecule has 0 bridgehead atoms. The lowest BCUT2D eigenvalue weighted by molar-refractivity contribution is -0.165. The first-order valence-corrected chi connectivity index (χ1v) is 9.04. The maximum absolute atomic E-state index is 12.8. The van der Waals surface area contributed by atoms with Gasteiger partial charge in [-0.25, -0.2) is 4.79 Å². The quantitative estimate of drug-likeness (QED) is 0.645.